The van der Waals surface area contributed by atoms with E-state index in [1.807, 2.05) is 6.08 Å². The first kappa shape index (κ1) is 12.4. The summed E-state index contributed by atoms with van der Waals surface area (Å²) in [5, 5.41) is 0. The number of rotatable bonds is 1. The van der Waals surface area contributed by atoms with Crippen molar-refractivity contribution in [2.45, 2.75) is 57.3 Å². The lowest BCUT2D eigenvalue weighted by Crippen LogP contribution is -2.13. The molecule has 2 aliphatic rings. The molecular formula is C14H20O3. The van der Waals surface area contributed by atoms with E-state index in [1.54, 1.807) is 0 Å². The molecule has 0 spiro atoms. The maximum atomic E-state index is 11.0. The first-order valence-electron chi connectivity index (χ1n) is 6.40. The van der Waals surface area contributed by atoms with Gasteiger partial charge in [0.25, 0.3) is 0 Å². The molecule has 1 aliphatic carbocycles. The van der Waals surface area contributed by atoms with Crippen molar-refractivity contribution in [1.29, 1.82) is 0 Å². The lowest BCUT2D eigenvalue weighted by atomic mass is 10.1. The molecule has 0 N–H and O–H groups in total. The second-order valence-electron chi connectivity index (χ2n) is 4.65. The average Bonchev–Trinajstić information content (AvgIpc) is 2.98. The first-order chi connectivity index (χ1) is 8.25. The van der Waals surface area contributed by atoms with Gasteiger partial charge in [0.05, 0.1) is 12.2 Å². The Hall–Kier alpha value is -1.09. The number of carbonyl (C=O) groups is 1. The Morgan fingerprint density at radius 3 is 2.71 bits per heavy atom. The first-order valence-corrected chi connectivity index (χ1v) is 6.40. The summed E-state index contributed by atoms with van der Waals surface area (Å²) in [6.45, 7) is 1.46. The van der Waals surface area contributed by atoms with E-state index in [1.165, 1.54) is 6.92 Å². The Bertz CT molecular complexity index is 319. The minimum Gasteiger partial charge on any atom is -0.458 e. The van der Waals surface area contributed by atoms with Gasteiger partial charge in [-0.15, -0.1) is 0 Å². The predicted molar refractivity (Wildman–Crippen MR) is 65.6 cm³/mol. The molecule has 0 bridgehead atoms. The molecule has 0 amide bonds. The summed E-state index contributed by atoms with van der Waals surface area (Å²) in [4.78, 5) is 11.0. The molecule has 3 nitrogen and oxygen atoms in total. The number of hydrogen-bond donors (Lipinski definition) is 0. The second-order valence-corrected chi connectivity index (χ2v) is 4.65. The highest BCUT2D eigenvalue weighted by atomic mass is 16.6. The molecule has 1 fully saturated rings. The van der Waals surface area contributed by atoms with Crippen molar-refractivity contribution in [1.82, 2.24) is 0 Å². The van der Waals surface area contributed by atoms with Gasteiger partial charge in [0.1, 0.15) is 6.10 Å². The van der Waals surface area contributed by atoms with E-state index in [0.717, 1.165) is 32.1 Å². The highest BCUT2D eigenvalue weighted by molar-refractivity contribution is 5.66. The smallest absolute Gasteiger partial charge is 0.303 e. The van der Waals surface area contributed by atoms with Crippen LogP contribution in [0.1, 0.15) is 39.0 Å². The third-order valence-electron chi connectivity index (χ3n) is 3.13. The number of carbonyl (C=O) groups excluding carboxylic acids is 1. The van der Waals surface area contributed by atoms with Crippen LogP contribution in [0.4, 0.5) is 0 Å². The summed E-state index contributed by atoms with van der Waals surface area (Å²) in [6, 6.07) is 0. The summed E-state index contributed by atoms with van der Waals surface area (Å²) in [6.07, 6.45) is 14.2. The van der Waals surface area contributed by atoms with E-state index in [0.29, 0.717) is 12.2 Å². The second kappa shape index (κ2) is 6.01. The molecule has 1 aliphatic heterocycles. The van der Waals surface area contributed by atoms with E-state index < -0.39 is 0 Å². The molecule has 0 saturated carbocycles. The van der Waals surface area contributed by atoms with Crippen LogP contribution in [-0.4, -0.2) is 24.3 Å². The topological polar surface area (TPSA) is 38.8 Å². The third kappa shape index (κ3) is 4.35. The maximum Gasteiger partial charge on any atom is 0.303 e. The van der Waals surface area contributed by atoms with Gasteiger partial charge >= 0.3 is 5.97 Å². The van der Waals surface area contributed by atoms with Crippen molar-refractivity contribution in [3.63, 3.8) is 0 Å². The van der Waals surface area contributed by atoms with Crippen LogP contribution in [0.5, 0.6) is 0 Å². The minimum absolute atomic E-state index is 0.0891. The fraction of sp³-hybridized carbons (Fsp3) is 0.643. The van der Waals surface area contributed by atoms with Gasteiger partial charge in [-0.2, -0.15) is 0 Å². The number of ether oxygens (including phenoxy) is 2. The molecular weight excluding hydrogens is 216 g/mol. The summed E-state index contributed by atoms with van der Waals surface area (Å²) in [5.41, 5.74) is 0. The normalized spacial score (nSPS) is 36.9. The van der Waals surface area contributed by atoms with Gasteiger partial charge in [-0.25, -0.2) is 0 Å². The van der Waals surface area contributed by atoms with E-state index in [9.17, 15) is 4.79 Å². The van der Waals surface area contributed by atoms with Gasteiger partial charge in [0, 0.05) is 6.92 Å². The molecule has 0 aromatic rings. The quantitative estimate of drug-likeness (QED) is 0.399. The Morgan fingerprint density at radius 2 is 1.94 bits per heavy atom. The molecule has 3 heteroatoms. The molecule has 94 valence electrons. The number of epoxide rings is 1. The number of fused-ring (bicyclic) bond motifs is 1. The molecule has 0 aromatic heterocycles. The van der Waals surface area contributed by atoms with Crippen molar-refractivity contribution < 1.29 is 14.3 Å². The summed E-state index contributed by atoms with van der Waals surface area (Å²) in [5.74, 6) is -0.212. The summed E-state index contributed by atoms with van der Waals surface area (Å²) >= 11 is 0. The Labute approximate surface area is 102 Å². The molecule has 1 saturated heterocycles. The minimum atomic E-state index is -0.212. The van der Waals surface area contributed by atoms with Gasteiger partial charge in [0.15, 0.2) is 0 Å². The largest absolute Gasteiger partial charge is 0.458 e. The zero-order valence-electron chi connectivity index (χ0n) is 10.3. The number of hydrogen-bond acceptors (Lipinski definition) is 3. The van der Waals surface area contributed by atoms with E-state index in [4.69, 9.17) is 9.47 Å². The van der Waals surface area contributed by atoms with Crippen molar-refractivity contribution in [3.8, 4) is 0 Å². The molecule has 0 unspecified atom stereocenters. The van der Waals surface area contributed by atoms with E-state index in [-0.39, 0.29) is 12.1 Å². The Morgan fingerprint density at radius 1 is 1.18 bits per heavy atom. The lowest BCUT2D eigenvalue weighted by Gasteiger charge is -2.11. The zero-order valence-corrected chi connectivity index (χ0v) is 10.3. The zero-order chi connectivity index (χ0) is 12.1. The van der Waals surface area contributed by atoms with Crippen LogP contribution in [0, 0.1) is 0 Å². The van der Waals surface area contributed by atoms with Crippen molar-refractivity contribution in [2.75, 3.05) is 0 Å². The van der Waals surface area contributed by atoms with E-state index in [2.05, 4.69) is 18.2 Å². The van der Waals surface area contributed by atoms with E-state index >= 15 is 0 Å². The molecule has 17 heavy (non-hydrogen) atoms. The van der Waals surface area contributed by atoms with Crippen LogP contribution >= 0.6 is 0 Å². The molecule has 0 radical (unpaired) electrons. The van der Waals surface area contributed by atoms with Crippen molar-refractivity contribution >= 4 is 5.97 Å². The van der Waals surface area contributed by atoms with Gasteiger partial charge in [0.2, 0.25) is 0 Å². The number of esters is 1. The van der Waals surface area contributed by atoms with Crippen molar-refractivity contribution in [3.05, 3.63) is 24.3 Å². The highest BCUT2D eigenvalue weighted by Crippen LogP contribution is 2.30. The SMILES string of the molecule is CC(=O)O[C@@H]1/C=C\C[C@@H]2O[C@H]2CC/C=C\CC1. The average molecular weight is 236 g/mol. The predicted octanol–water partition coefficient (Wildman–Crippen LogP) is 2.76. The Balaban J connectivity index is 1.89. The molecule has 1 heterocycles. The highest BCUT2D eigenvalue weighted by Gasteiger charge is 2.36. The monoisotopic (exact) mass is 236 g/mol. The summed E-state index contributed by atoms with van der Waals surface area (Å²) in [7, 11) is 0. The van der Waals surface area contributed by atoms with Crippen LogP contribution in [0.15, 0.2) is 24.3 Å². The molecule has 0 aromatic carbocycles. The fourth-order valence-electron chi connectivity index (χ4n) is 2.17. The van der Waals surface area contributed by atoms with Gasteiger partial charge in [-0.1, -0.05) is 18.2 Å². The third-order valence-corrected chi connectivity index (χ3v) is 3.13. The molecule has 2 rings (SSSR count). The molecule has 3 atom stereocenters. The fourth-order valence-corrected chi connectivity index (χ4v) is 2.17. The van der Waals surface area contributed by atoms with Crippen molar-refractivity contribution in [2.24, 2.45) is 0 Å². The van der Waals surface area contributed by atoms with Gasteiger partial charge < -0.3 is 9.47 Å². The van der Waals surface area contributed by atoms with Crippen LogP contribution < -0.4 is 0 Å². The lowest BCUT2D eigenvalue weighted by molar-refractivity contribution is -0.144. The maximum absolute atomic E-state index is 11.0. The number of allylic oxidation sites excluding steroid dienone is 2. The standard InChI is InChI=1S/C14H20O3/c1-11(15)16-12-7-4-2-3-5-9-13-14(17-13)10-6-8-12/h2-3,6,8,12-14H,4-5,7,9-10H2,1H3/b3-2-,8-6-/t12-,13-,14-/m0/s1. The van der Waals surface area contributed by atoms with Gasteiger partial charge in [-0.05, 0) is 38.2 Å². The summed E-state index contributed by atoms with van der Waals surface area (Å²) < 4.78 is 10.8. The van der Waals surface area contributed by atoms with Gasteiger partial charge in [-0.3, -0.25) is 4.79 Å². The van der Waals surface area contributed by atoms with Crippen LogP contribution in [0.2, 0.25) is 0 Å². The van der Waals surface area contributed by atoms with Crippen LogP contribution in [0.25, 0.3) is 0 Å². The van der Waals surface area contributed by atoms with Crippen LogP contribution in [0.3, 0.4) is 0 Å². The van der Waals surface area contributed by atoms with Crippen LogP contribution in [-0.2, 0) is 14.3 Å². The Kier molecular flexibility index (Phi) is 4.37.